The van der Waals surface area contributed by atoms with Crippen molar-refractivity contribution in [2.75, 3.05) is 18.5 Å². The van der Waals surface area contributed by atoms with Gasteiger partial charge in [0, 0.05) is 25.4 Å². The number of nitrogens with zero attached hydrogens (tertiary/aromatic N) is 2. The fourth-order valence-corrected chi connectivity index (χ4v) is 2.56. The van der Waals surface area contributed by atoms with Gasteiger partial charge in [-0.25, -0.2) is 4.98 Å². The molecule has 3 N–H and O–H groups in total. The third kappa shape index (κ3) is 3.45. The lowest BCUT2D eigenvalue weighted by Gasteiger charge is -2.14. The van der Waals surface area contributed by atoms with Crippen LogP contribution in [0.3, 0.4) is 0 Å². The zero-order valence-corrected chi connectivity index (χ0v) is 12.9. The molecule has 0 spiro atoms. The molecule has 1 fully saturated rings. The number of hydrogen-bond acceptors (Lipinski definition) is 6. The van der Waals surface area contributed by atoms with Crippen molar-refractivity contribution in [3.8, 4) is 0 Å². The molecule has 1 atom stereocenters. The highest BCUT2D eigenvalue weighted by Gasteiger charge is 2.19. The minimum Gasteiger partial charge on any atom is -0.379 e. The van der Waals surface area contributed by atoms with Gasteiger partial charge in [-0.1, -0.05) is 6.07 Å². The third-order valence-corrected chi connectivity index (χ3v) is 3.87. The van der Waals surface area contributed by atoms with E-state index in [0.717, 1.165) is 23.9 Å². The van der Waals surface area contributed by atoms with Crippen molar-refractivity contribution in [1.82, 2.24) is 15.0 Å². The van der Waals surface area contributed by atoms with E-state index in [1.54, 1.807) is 6.20 Å². The van der Waals surface area contributed by atoms with Crippen molar-refractivity contribution < 1.29 is 4.74 Å². The summed E-state index contributed by atoms with van der Waals surface area (Å²) < 4.78 is 5.33. The molecule has 0 bridgehead atoms. The fourth-order valence-electron chi connectivity index (χ4n) is 2.56. The Bertz CT molecular complexity index is 765. The summed E-state index contributed by atoms with van der Waals surface area (Å²) in [6.45, 7) is 3.25. The molecule has 7 heteroatoms. The van der Waals surface area contributed by atoms with E-state index < -0.39 is 0 Å². The topological polar surface area (TPSA) is 104 Å². The van der Waals surface area contributed by atoms with Crippen LogP contribution in [-0.2, 0) is 11.2 Å². The van der Waals surface area contributed by atoms with Gasteiger partial charge < -0.3 is 20.4 Å². The van der Waals surface area contributed by atoms with E-state index in [9.17, 15) is 4.79 Å². The van der Waals surface area contributed by atoms with Gasteiger partial charge in [-0.2, -0.15) is 0 Å². The SMILES string of the molecule is Cc1cccnc1Cc1nc(NC2CCOC2)c(C=N)c(=O)[nH]1. The second-order valence-corrected chi connectivity index (χ2v) is 5.57. The van der Waals surface area contributed by atoms with Crippen LogP contribution in [0.5, 0.6) is 0 Å². The summed E-state index contributed by atoms with van der Waals surface area (Å²) in [7, 11) is 0. The number of aromatic nitrogens is 3. The molecule has 23 heavy (non-hydrogen) atoms. The van der Waals surface area contributed by atoms with E-state index in [4.69, 9.17) is 10.1 Å². The smallest absolute Gasteiger partial charge is 0.261 e. The van der Waals surface area contributed by atoms with Gasteiger partial charge in [0.05, 0.1) is 23.9 Å². The molecule has 7 nitrogen and oxygen atoms in total. The molecular weight excluding hydrogens is 294 g/mol. The van der Waals surface area contributed by atoms with Gasteiger partial charge in [0.25, 0.3) is 5.56 Å². The maximum Gasteiger partial charge on any atom is 0.261 e. The minimum absolute atomic E-state index is 0.118. The fraction of sp³-hybridized carbons (Fsp3) is 0.375. The molecule has 2 aromatic heterocycles. The van der Waals surface area contributed by atoms with Crippen molar-refractivity contribution in [2.24, 2.45) is 0 Å². The van der Waals surface area contributed by atoms with E-state index in [2.05, 4.69) is 20.3 Å². The quantitative estimate of drug-likeness (QED) is 0.721. The first-order chi connectivity index (χ1) is 11.2. The highest BCUT2D eigenvalue weighted by atomic mass is 16.5. The number of pyridine rings is 1. The number of H-pyrrole nitrogens is 1. The normalized spacial score (nSPS) is 17.2. The van der Waals surface area contributed by atoms with Gasteiger partial charge >= 0.3 is 0 Å². The van der Waals surface area contributed by atoms with Gasteiger partial charge in [0.2, 0.25) is 0 Å². The monoisotopic (exact) mass is 313 g/mol. The number of ether oxygens (including phenoxy) is 1. The van der Waals surface area contributed by atoms with E-state index in [1.807, 2.05) is 19.1 Å². The molecule has 1 aliphatic rings. The van der Waals surface area contributed by atoms with Gasteiger partial charge in [-0.3, -0.25) is 9.78 Å². The summed E-state index contributed by atoms with van der Waals surface area (Å²) in [4.78, 5) is 23.8. The first-order valence-electron chi connectivity index (χ1n) is 7.56. The number of nitrogens with one attached hydrogen (secondary N) is 3. The van der Waals surface area contributed by atoms with Crippen LogP contribution >= 0.6 is 0 Å². The lowest BCUT2D eigenvalue weighted by molar-refractivity contribution is 0.195. The van der Waals surface area contributed by atoms with Crippen LogP contribution in [0, 0.1) is 12.3 Å². The number of hydrogen-bond donors (Lipinski definition) is 3. The second kappa shape index (κ2) is 6.70. The van der Waals surface area contributed by atoms with Gasteiger partial charge in [-0.15, -0.1) is 0 Å². The molecular formula is C16H19N5O2. The number of aryl methyl sites for hydroxylation is 1. The Hall–Kier alpha value is -2.54. The Kier molecular flexibility index (Phi) is 4.47. The van der Waals surface area contributed by atoms with Crippen molar-refractivity contribution in [1.29, 1.82) is 5.41 Å². The predicted octanol–water partition coefficient (Wildman–Crippen LogP) is 1.26. The van der Waals surface area contributed by atoms with E-state index in [1.165, 1.54) is 0 Å². The number of anilines is 1. The summed E-state index contributed by atoms with van der Waals surface area (Å²) >= 11 is 0. The van der Waals surface area contributed by atoms with E-state index >= 15 is 0 Å². The van der Waals surface area contributed by atoms with Crippen molar-refractivity contribution in [3.05, 3.63) is 51.3 Å². The van der Waals surface area contributed by atoms with E-state index in [0.29, 0.717) is 31.3 Å². The molecule has 3 heterocycles. The van der Waals surface area contributed by atoms with Crippen molar-refractivity contribution in [3.63, 3.8) is 0 Å². The number of aromatic amines is 1. The highest BCUT2D eigenvalue weighted by Crippen LogP contribution is 2.15. The lowest BCUT2D eigenvalue weighted by Crippen LogP contribution is -2.26. The van der Waals surface area contributed by atoms with Gasteiger partial charge in [0.1, 0.15) is 11.6 Å². The van der Waals surface area contributed by atoms with Crippen LogP contribution in [-0.4, -0.2) is 40.4 Å². The van der Waals surface area contributed by atoms with Crippen molar-refractivity contribution >= 4 is 12.0 Å². The Balaban J connectivity index is 1.92. The molecule has 120 valence electrons. The Morgan fingerprint density at radius 3 is 3.13 bits per heavy atom. The minimum atomic E-state index is -0.319. The molecule has 0 aliphatic carbocycles. The van der Waals surface area contributed by atoms with Crippen LogP contribution < -0.4 is 10.9 Å². The predicted molar refractivity (Wildman–Crippen MR) is 87.4 cm³/mol. The summed E-state index contributed by atoms with van der Waals surface area (Å²) in [5.74, 6) is 0.964. The van der Waals surface area contributed by atoms with E-state index in [-0.39, 0.29) is 17.2 Å². The number of rotatable bonds is 5. The molecule has 1 unspecified atom stereocenters. The first kappa shape index (κ1) is 15.4. The standard InChI is InChI=1S/C16H19N5O2/c1-10-3-2-5-18-13(10)7-14-20-15(12(8-17)16(22)21-14)19-11-4-6-23-9-11/h2-3,5,8,11,17H,4,6-7,9H2,1H3,(H2,19,20,21,22). The molecule has 1 aliphatic heterocycles. The zero-order chi connectivity index (χ0) is 16.2. The van der Waals surface area contributed by atoms with Gasteiger partial charge in [0.15, 0.2) is 0 Å². The molecule has 1 saturated heterocycles. The summed E-state index contributed by atoms with van der Waals surface area (Å²) in [6, 6.07) is 3.97. The molecule has 0 radical (unpaired) electrons. The molecule has 3 rings (SSSR count). The third-order valence-electron chi connectivity index (χ3n) is 3.87. The zero-order valence-electron chi connectivity index (χ0n) is 12.9. The first-order valence-corrected chi connectivity index (χ1v) is 7.56. The summed E-state index contributed by atoms with van der Waals surface area (Å²) in [5.41, 5.74) is 1.83. The van der Waals surface area contributed by atoms with Crippen LogP contribution in [0.4, 0.5) is 5.82 Å². The summed E-state index contributed by atoms with van der Waals surface area (Å²) in [5, 5.41) is 10.7. The second-order valence-electron chi connectivity index (χ2n) is 5.57. The highest BCUT2D eigenvalue weighted by molar-refractivity contribution is 5.83. The molecule has 0 aromatic carbocycles. The molecule has 0 saturated carbocycles. The van der Waals surface area contributed by atoms with Crippen LogP contribution in [0.2, 0.25) is 0 Å². The lowest BCUT2D eigenvalue weighted by atomic mass is 10.1. The van der Waals surface area contributed by atoms with Crippen LogP contribution in [0.25, 0.3) is 0 Å². The van der Waals surface area contributed by atoms with Crippen LogP contribution in [0.1, 0.15) is 29.1 Å². The average Bonchev–Trinajstić information content (AvgIpc) is 3.02. The van der Waals surface area contributed by atoms with Crippen LogP contribution in [0.15, 0.2) is 23.1 Å². The molecule has 0 amide bonds. The maximum absolute atomic E-state index is 12.2. The van der Waals surface area contributed by atoms with Gasteiger partial charge in [-0.05, 0) is 25.0 Å². The summed E-state index contributed by atoms with van der Waals surface area (Å²) in [6.07, 6.45) is 4.05. The Labute approximate surface area is 133 Å². The molecule has 2 aromatic rings. The largest absolute Gasteiger partial charge is 0.379 e. The Morgan fingerprint density at radius 1 is 1.57 bits per heavy atom. The van der Waals surface area contributed by atoms with Crippen molar-refractivity contribution in [2.45, 2.75) is 25.8 Å². The Morgan fingerprint density at radius 2 is 2.43 bits per heavy atom. The maximum atomic E-state index is 12.2. The average molecular weight is 313 g/mol.